The molecule has 1 heterocycles. The molecule has 0 spiro atoms. The summed E-state index contributed by atoms with van der Waals surface area (Å²) in [6.07, 6.45) is 5.05. The van der Waals surface area contributed by atoms with E-state index in [0.29, 0.717) is 21.8 Å². The number of carbonyl (C=O) groups excluding carboxylic acids is 1. The number of sulfonamides is 1. The van der Waals surface area contributed by atoms with Crippen molar-refractivity contribution < 1.29 is 17.6 Å². The normalized spacial score (nSPS) is 15.2. The molecule has 33 heavy (non-hydrogen) atoms. The Bertz CT molecular complexity index is 1310. The lowest BCUT2D eigenvalue weighted by Crippen LogP contribution is -2.38. The van der Waals surface area contributed by atoms with Crippen molar-refractivity contribution in [3.8, 4) is 0 Å². The van der Waals surface area contributed by atoms with Gasteiger partial charge in [-0.25, -0.2) is 13.2 Å². The second-order valence-electron chi connectivity index (χ2n) is 8.27. The molecule has 1 N–H and O–H groups in total. The molecule has 0 radical (unpaired) electrons. The molecule has 8 nitrogen and oxygen atoms in total. The van der Waals surface area contributed by atoms with Crippen LogP contribution in [0, 0.1) is 0 Å². The Hall–Kier alpha value is -2.62. The van der Waals surface area contributed by atoms with Crippen molar-refractivity contribution in [1.29, 1.82) is 0 Å². The van der Waals surface area contributed by atoms with Crippen molar-refractivity contribution >= 4 is 44.3 Å². The maximum Gasteiger partial charge on any atom is 0.419 e. The predicted octanol–water partition coefficient (Wildman–Crippen LogP) is 4.23. The van der Waals surface area contributed by atoms with Gasteiger partial charge < -0.3 is 9.73 Å². The van der Waals surface area contributed by atoms with Crippen LogP contribution in [-0.2, 0) is 21.4 Å². The van der Waals surface area contributed by atoms with Crippen LogP contribution in [0.3, 0.4) is 0 Å². The molecule has 1 amide bonds. The third kappa shape index (κ3) is 5.15. The van der Waals surface area contributed by atoms with Gasteiger partial charge in [0.05, 0.1) is 10.4 Å². The molecule has 1 fully saturated rings. The SMILES string of the molecule is CN(C1CCCCC1)S(=O)(=O)c1ccc(NC(=O)CCn2c(=O)oc3cc(Cl)ccc32)cc1. The lowest BCUT2D eigenvalue weighted by atomic mass is 9.96. The minimum Gasteiger partial charge on any atom is -0.408 e. The van der Waals surface area contributed by atoms with E-state index in [4.69, 9.17) is 16.0 Å². The fourth-order valence-electron chi connectivity index (χ4n) is 4.21. The largest absolute Gasteiger partial charge is 0.419 e. The number of aromatic nitrogens is 1. The van der Waals surface area contributed by atoms with Crippen LogP contribution in [0.5, 0.6) is 0 Å². The van der Waals surface area contributed by atoms with Crippen LogP contribution in [0.15, 0.2) is 56.6 Å². The molecule has 1 aromatic heterocycles. The maximum absolute atomic E-state index is 12.9. The van der Waals surface area contributed by atoms with Crippen LogP contribution in [-0.4, -0.2) is 36.3 Å². The quantitative estimate of drug-likeness (QED) is 0.533. The molecule has 3 aromatic rings. The summed E-state index contributed by atoms with van der Waals surface area (Å²) in [6, 6.07) is 11.0. The summed E-state index contributed by atoms with van der Waals surface area (Å²) in [7, 11) is -1.95. The first-order valence-corrected chi connectivity index (χ1v) is 12.7. The zero-order chi connectivity index (χ0) is 23.6. The van der Waals surface area contributed by atoms with Gasteiger partial charge in [0.2, 0.25) is 15.9 Å². The predicted molar refractivity (Wildman–Crippen MR) is 127 cm³/mol. The molecule has 0 unspecified atom stereocenters. The third-order valence-corrected chi connectivity index (χ3v) is 8.26. The van der Waals surface area contributed by atoms with E-state index >= 15 is 0 Å². The van der Waals surface area contributed by atoms with Crippen LogP contribution in [0.25, 0.3) is 11.1 Å². The minimum atomic E-state index is -3.59. The lowest BCUT2D eigenvalue weighted by molar-refractivity contribution is -0.116. The number of halogens is 1. The average molecular weight is 492 g/mol. The van der Waals surface area contributed by atoms with E-state index in [-0.39, 0.29) is 29.8 Å². The lowest BCUT2D eigenvalue weighted by Gasteiger charge is -2.30. The number of nitrogens with one attached hydrogen (secondary N) is 1. The second-order valence-corrected chi connectivity index (χ2v) is 10.7. The van der Waals surface area contributed by atoms with Gasteiger partial charge in [-0.3, -0.25) is 9.36 Å². The summed E-state index contributed by atoms with van der Waals surface area (Å²) in [6.45, 7) is 0.137. The van der Waals surface area contributed by atoms with Crippen molar-refractivity contribution in [3.05, 3.63) is 58.0 Å². The van der Waals surface area contributed by atoms with Gasteiger partial charge in [0.15, 0.2) is 5.58 Å². The summed E-state index contributed by atoms with van der Waals surface area (Å²) in [4.78, 5) is 24.7. The van der Waals surface area contributed by atoms with E-state index in [1.54, 1.807) is 37.4 Å². The monoisotopic (exact) mass is 491 g/mol. The smallest absolute Gasteiger partial charge is 0.408 e. The summed E-state index contributed by atoms with van der Waals surface area (Å²) in [5, 5.41) is 3.19. The topological polar surface area (TPSA) is 102 Å². The first-order chi connectivity index (χ1) is 15.8. The molecule has 10 heteroatoms. The van der Waals surface area contributed by atoms with E-state index < -0.39 is 15.8 Å². The highest BCUT2D eigenvalue weighted by Crippen LogP contribution is 2.27. The standard InChI is InChI=1S/C23H26ClN3O5S/c1-26(18-5-3-2-4-6-18)33(30,31)19-10-8-17(9-11-19)25-22(28)13-14-27-20-12-7-16(24)15-21(20)32-23(27)29/h7-12,15,18H,2-6,13-14H2,1H3,(H,25,28). The molecule has 1 aliphatic carbocycles. The number of aryl methyl sites for hydroxylation is 1. The van der Waals surface area contributed by atoms with Crippen LogP contribution in [0.4, 0.5) is 5.69 Å². The number of fused-ring (bicyclic) bond motifs is 1. The molecule has 1 aliphatic rings. The number of nitrogens with zero attached hydrogens (tertiary/aromatic N) is 2. The average Bonchev–Trinajstić information content (AvgIpc) is 3.12. The molecular weight excluding hydrogens is 466 g/mol. The number of oxazole rings is 1. The molecule has 1 saturated carbocycles. The number of hydrogen-bond acceptors (Lipinski definition) is 5. The molecule has 0 atom stereocenters. The Kier molecular flexibility index (Phi) is 6.92. The van der Waals surface area contributed by atoms with Crippen molar-refractivity contribution in [3.63, 3.8) is 0 Å². The Morgan fingerprint density at radius 3 is 2.55 bits per heavy atom. The van der Waals surface area contributed by atoms with E-state index in [1.807, 2.05) is 0 Å². The maximum atomic E-state index is 12.9. The Morgan fingerprint density at radius 2 is 1.85 bits per heavy atom. The number of carbonyl (C=O) groups is 1. The Labute approximate surface area is 197 Å². The third-order valence-electron chi connectivity index (χ3n) is 6.10. The summed E-state index contributed by atoms with van der Waals surface area (Å²) >= 11 is 5.92. The van der Waals surface area contributed by atoms with Gasteiger partial charge in [-0.2, -0.15) is 4.31 Å². The van der Waals surface area contributed by atoms with Crippen molar-refractivity contribution in [1.82, 2.24) is 8.87 Å². The molecule has 2 aromatic carbocycles. The van der Waals surface area contributed by atoms with E-state index in [2.05, 4.69) is 5.32 Å². The van der Waals surface area contributed by atoms with Gasteiger partial charge in [0, 0.05) is 42.8 Å². The van der Waals surface area contributed by atoms with Crippen molar-refractivity contribution in [2.45, 2.75) is 56.0 Å². The van der Waals surface area contributed by atoms with Crippen LogP contribution < -0.4 is 11.1 Å². The summed E-state index contributed by atoms with van der Waals surface area (Å²) in [5.74, 6) is -0.864. The van der Waals surface area contributed by atoms with Gasteiger partial charge in [-0.05, 0) is 49.2 Å². The first kappa shape index (κ1) is 23.5. The van der Waals surface area contributed by atoms with Crippen molar-refractivity contribution in [2.75, 3.05) is 12.4 Å². The second kappa shape index (κ2) is 9.70. The minimum absolute atomic E-state index is 0.0292. The van der Waals surface area contributed by atoms with Gasteiger partial charge in [0.25, 0.3) is 0 Å². The van der Waals surface area contributed by atoms with Gasteiger partial charge >= 0.3 is 5.76 Å². The number of amides is 1. The highest BCUT2D eigenvalue weighted by Gasteiger charge is 2.29. The number of benzene rings is 2. The van der Waals surface area contributed by atoms with E-state index in [1.165, 1.54) is 21.0 Å². The van der Waals surface area contributed by atoms with Crippen LogP contribution in [0.1, 0.15) is 38.5 Å². The van der Waals surface area contributed by atoms with E-state index in [9.17, 15) is 18.0 Å². The van der Waals surface area contributed by atoms with E-state index in [0.717, 1.165) is 32.1 Å². The fourth-order valence-corrected chi connectivity index (χ4v) is 5.78. The zero-order valence-electron chi connectivity index (χ0n) is 18.3. The molecule has 0 aliphatic heterocycles. The van der Waals surface area contributed by atoms with Crippen LogP contribution >= 0.6 is 11.6 Å². The zero-order valence-corrected chi connectivity index (χ0v) is 19.9. The molecule has 0 bridgehead atoms. The summed E-state index contributed by atoms with van der Waals surface area (Å²) in [5.41, 5.74) is 1.41. The Balaban J connectivity index is 1.38. The van der Waals surface area contributed by atoms with Gasteiger partial charge in [-0.1, -0.05) is 30.9 Å². The molecule has 0 saturated heterocycles. The van der Waals surface area contributed by atoms with Crippen LogP contribution in [0.2, 0.25) is 5.02 Å². The fraction of sp³-hybridized carbons (Fsp3) is 0.391. The molecule has 4 rings (SSSR count). The summed E-state index contributed by atoms with van der Waals surface area (Å²) < 4.78 is 33.9. The Morgan fingerprint density at radius 1 is 1.15 bits per heavy atom. The number of anilines is 1. The molecule has 176 valence electrons. The highest BCUT2D eigenvalue weighted by atomic mass is 35.5. The first-order valence-electron chi connectivity index (χ1n) is 10.9. The van der Waals surface area contributed by atoms with Gasteiger partial charge in [0.1, 0.15) is 0 Å². The van der Waals surface area contributed by atoms with Gasteiger partial charge in [-0.15, -0.1) is 0 Å². The highest BCUT2D eigenvalue weighted by molar-refractivity contribution is 7.89. The number of hydrogen-bond donors (Lipinski definition) is 1. The number of rotatable bonds is 7. The van der Waals surface area contributed by atoms with Crippen molar-refractivity contribution in [2.24, 2.45) is 0 Å². The molecular formula is C23H26ClN3O5S.